The molecule has 1 atom stereocenters. The molecule has 0 spiro atoms. The van der Waals surface area contributed by atoms with Crippen molar-refractivity contribution in [1.82, 2.24) is 9.80 Å². The maximum atomic E-state index is 6.20. The zero-order valence-electron chi connectivity index (χ0n) is 16.7. The largest absolute Gasteiger partial charge is 0.493 e. The molecule has 0 radical (unpaired) electrons. The summed E-state index contributed by atoms with van der Waals surface area (Å²) in [5, 5.41) is 0. The maximum Gasteiger partial charge on any atom is 0.191 e. The first-order valence-electron chi connectivity index (χ1n) is 9.61. The Labute approximate surface area is 180 Å². The van der Waals surface area contributed by atoms with Crippen molar-refractivity contribution in [3.63, 3.8) is 0 Å². The lowest BCUT2D eigenvalue weighted by Gasteiger charge is -2.32. The Morgan fingerprint density at radius 1 is 1.19 bits per heavy atom. The van der Waals surface area contributed by atoms with Crippen LogP contribution in [0.3, 0.4) is 0 Å². The second-order valence-corrected chi connectivity index (χ2v) is 7.44. The van der Waals surface area contributed by atoms with E-state index < -0.39 is 0 Å². The number of halogens is 1. The number of ether oxygens (including phenoxy) is 2. The van der Waals surface area contributed by atoms with Gasteiger partial charge in [-0.05, 0) is 48.4 Å². The minimum atomic E-state index is 0. The molecule has 7 heteroatoms. The van der Waals surface area contributed by atoms with Gasteiger partial charge in [-0.2, -0.15) is 0 Å². The topological polar surface area (TPSA) is 63.3 Å². The number of aliphatic imine (C=N–C) groups is 1. The van der Waals surface area contributed by atoms with Gasteiger partial charge in [0, 0.05) is 32.7 Å². The lowest BCUT2D eigenvalue weighted by Crippen LogP contribution is -2.44. The van der Waals surface area contributed by atoms with Crippen molar-refractivity contribution < 1.29 is 9.47 Å². The highest BCUT2D eigenvalue weighted by Gasteiger charge is 2.20. The van der Waals surface area contributed by atoms with Crippen LogP contribution in [0.25, 0.3) is 0 Å². The summed E-state index contributed by atoms with van der Waals surface area (Å²) in [4.78, 5) is 9.29. The van der Waals surface area contributed by atoms with Gasteiger partial charge < -0.3 is 20.1 Å². The van der Waals surface area contributed by atoms with Crippen molar-refractivity contribution in [2.24, 2.45) is 16.6 Å². The number of likely N-dealkylation sites (tertiary alicyclic amines) is 1. The zero-order valence-corrected chi connectivity index (χ0v) is 19.1. The highest BCUT2D eigenvalue weighted by Crippen LogP contribution is 2.33. The van der Waals surface area contributed by atoms with E-state index in [4.69, 9.17) is 15.2 Å². The Morgan fingerprint density at radius 2 is 1.89 bits per heavy atom. The molecule has 2 aliphatic heterocycles. The molecular weight excluding hydrogens is 455 g/mol. The number of rotatable bonds is 5. The van der Waals surface area contributed by atoms with Crippen molar-refractivity contribution in [3.05, 3.63) is 23.3 Å². The van der Waals surface area contributed by atoms with Crippen LogP contribution in [0, 0.1) is 5.92 Å². The van der Waals surface area contributed by atoms with E-state index in [0.717, 1.165) is 57.2 Å². The Hall–Kier alpha value is -1.22. The first kappa shape index (κ1) is 22.1. The number of benzene rings is 1. The summed E-state index contributed by atoms with van der Waals surface area (Å²) in [7, 11) is 3.37. The van der Waals surface area contributed by atoms with Crippen LogP contribution in [0.5, 0.6) is 11.5 Å². The summed E-state index contributed by atoms with van der Waals surface area (Å²) in [5.41, 5.74) is 8.87. The summed E-state index contributed by atoms with van der Waals surface area (Å²) in [6.45, 7) is 8.00. The van der Waals surface area contributed by atoms with E-state index in [1.807, 2.05) is 0 Å². The first-order chi connectivity index (χ1) is 12.6. The third kappa shape index (κ3) is 5.63. The fourth-order valence-electron chi connectivity index (χ4n) is 3.94. The lowest BCUT2D eigenvalue weighted by molar-refractivity contribution is 0.256. The summed E-state index contributed by atoms with van der Waals surface area (Å²) in [6.07, 6.45) is 3.54. The predicted molar refractivity (Wildman–Crippen MR) is 120 cm³/mol. The van der Waals surface area contributed by atoms with Gasteiger partial charge in [0.05, 0.1) is 20.8 Å². The molecule has 0 saturated carbocycles. The van der Waals surface area contributed by atoms with Crippen LogP contribution in [-0.4, -0.2) is 62.7 Å². The molecular formula is C20H33IN4O2. The molecule has 0 aromatic heterocycles. The summed E-state index contributed by atoms with van der Waals surface area (Å²) in [6, 6.07) is 4.21. The van der Waals surface area contributed by atoms with Crippen LogP contribution in [0.15, 0.2) is 17.1 Å². The number of hydrogen-bond acceptors (Lipinski definition) is 4. The molecule has 2 heterocycles. The Balaban J connectivity index is 0.00000261. The minimum Gasteiger partial charge on any atom is -0.493 e. The molecule has 1 saturated heterocycles. The molecule has 1 fully saturated rings. The molecule has 1 aromatic carbocycles. The van der Waals surface area contributed by atoms with Crippen LogP contribution in [0.1, 0.15) is 30.9 Å². The quantitative estimate of drug-likeness (QED) is 0.393. The van der Waals surface area contributed by atoms with Crippen LogP contribution < -0.4 is 15.2 Å². The number of hydrogen-bond donors (Lipinski definition) is 1. The number of piperidine rings is 1. The Kier molecular flexibility index (Phi) is 8.47. The summed E-state index contributed by atoms with van der Waals surface area (Å²) < 4.78 is 10.8. The maximum absolute atomic E-state index is 6.20. The average Bonchev–Trinajstić information content (AvgIpc) is 2.66. The lowest BCUT2D eigenvalue weighted by atomic mass is 9.99. The molecule has 27 heavy (non-hydrogen) atoms. The predicted octanol–water partition coefficient (Wildman–Crippen LogP) is 2.73. The smallest absolute Gasteiger partial charge is 0.191 e. The molecule has 2 N–H and O–H groups in total. The van der Waals surface area contributed by atoms with Crippen LogP contribution in [0.4, 0.5) is 0 Å². The molecule has 0 bridgehead atoms. The minimum absolute atomic E-state index is 0. The molecule has 6 nitrogen and oxygen atoms in total. The van der Waals surface area contributed by atoms with Gasteiger partial charge in [0.2, 0.25) is 0 Å². The van der Waals surface area contributed by atoms with Crippen molar-refractivity contribution in [1.29, 1.82) is 0 Å². The molecule has 152 valence electrons. The summed E-state index contributed by atoms with van der Waals surface area (Å²) in [5.74, 6) is 3.03. The van der Waals surface area contributed by atoms with E-state index in [0.29, 0.717) is 11.9 Å². The van der Waals surface area contributed by atoms with Gasteiger partial charge in [-0.1, -0.05) is 6.92 Å². The van der Waals surface area contributed by atoms with E-state index in [9.17, 15) is 0 Å². The fourth-order valence-corrected chi connectivity index (χ4v) is 3.94. The second kappa shape index (κ2) is 10.4. The van der Waals surface area contributed by atoms with Gasteiger partial charge >= 0.3 is 0 Å². The zero-order chi connectivity index (χ0) is 18.5. The van der Waals surface area contributed by atoms with E-state index >= 15 is 0 Å². The van der Waals surface area contributed by atoms with E-state index in [1.165, 1.54) is 24.0 Å². The average molecular weight is 488 g/mol. The monoisotopic (exact) mass is 488 g/mol. The number of methoxy groups -OCH3 is 2. The Morgan fingerprint density at radius 3 is 2.56 bits per heavy atom. The normalized spacial score (nSPS) is 20.6. The molecule has 2 aliphatic rings. The fraction of sp³-hybridized carbons (Fsp3) is 0.650. The second-order valence-electron chi connectivity index (χ2n) is 7.44. The molecule has 1 unspecified atom stereocenters. The third-order valence-electron chi connectivity index (χ3n) is 5.47. The van der Waals surface area contributed by atoms with E-state index in [2.05, 4.69) is 33.8 Å². The highest BCUT2D eigenvalue weighted by atomic mass is 127. The van der Waals surface area contributed by atoms with Crippen molar-refractivity contribution in [3.8, 4) is 11.5 Å². The van der Waals surface area contributed by atoms with Gasteiger partial charge in [0.15, 0.2) is 17.5 Å². The van der Waals surface area contributed by atoms with Crippen LogP contribution in [0.2, 0.25) is 0 Å². The van der Waals surface area contributed by atoms with E-state index in [-0.39, 0.29) is 24.0 Å². The molecule has 3 rings (SSSR count). The van der Waals surface area contributed by atoms with Crippen LogP contribution in [-0.2, 0) is 13.0 Å². The highest BCUT2D eigenvalue weighted by molar-refractivity contribution is 14.0. The molecule has 0 aliphatic carbocycles. The van der Waals surface area contributed by atoms with Crippen LogP contribution >= 0.6 is 24.0 Å². The molecule has 1 aromatic rings. The van der Waals surface area contributed by atoms with Gasteiger partial charge in [-0.25, -0.2) is 0 Å². The van der Waals surface area contributed by atoms with Crippen molar-refractivity contribution in [2.75, 3.05) is 46.9 Å². The Bertz CT molecular complexity index is 653. The number of nitrogens with two attached hydrogens (primary N) is 1. The van der Waals surface area contributed by atoms with Gasteiger partial charge in [0.25, 0.3) is 0 Å². The van der Waals surface area contributed by atoms with Gasteiger partial charge in [-0.15, -0.1) is 24.0 Å². The third-order valence-corrected chi connectivity index (χ3v) is 5.47. The number of nitrogens with zero attached hydrogens (tertiary/aromatic N) is 3. The standard InChI is InChI=1S/C20H32N4O2.HI/c1-15-5-4-8-24(13-15)20(21)22-7-10-23-9-6-16-11-18(25-2)19(26-3)12-17(16)14-23;/h11-12,15H,4-10,13-14H2,1-3H3,(H2,21,22);1H. The summed E-state index contributed by atoms with van der Waals surface area (Å²) >= 11 is 0. The van der Waals surface area contributed by atoms with Crippen molar-refractivity contribution >= 4 is 29.9 Å². The van der Waals surface area contributed by atoms with Gasteiger partial charge in [0.1, 0.15) is 0 Å². The SMILES string of the molecule is COc1cc2c(cc1OC)CN(CCN=C(N)N1CCCC(C)C1)CC2.I. The van der Waals surface area contributed by atoms with Gasteiger partial charge in [-0.3, -0.25) is 9.89 Å². The van der Waals surface area contributed by atoms with Crippen molar-refractivity contribution in [2.45, 2.75) is 32.7 Å². The number of fused-ring (bicyclic) bond motifs is 1. The first-order valence-corrected chi connectivity index (χ1v) is 9.61. The van der Waals surface area contributed by atoms with E-state index in [1.54, 1.807) is 14.2 Å². The number of guanidine groups is 1. The molecule has 0 amide bonds.